The molecule has 2 heterocycles. The maximum atomic E-state index is 6.38. The molecule has 1 atom stereocenters. The van der Waals surface area contributed by atoms with Crippen LogP contribution < -0.4 is 10.1 Å². The lowest BCUT2D eigenvalue weighted by Crippen LogP contribution is -2.35. The van der Waals surface area contributed by atoms with Crippen molar-refractivity contribution in [1.29, 1.82) is 0 Å². The second kappa shape index (κ2) is 8.15. The van der Waals surface area contributed by atoms with Gasteiger partial charge in [-0.05, 0) is 57.0 Å². The second-order valence-electron chi connectivity index (χ2n) is 7.75. The van der Waals surface area contributed by atoms with E-state index in [2.05, 4.69) is 77.5 Å². The Kier molecular flexibility index (Phi) is 5.44. The number of aryl methyl sites for hydroxylation is 1. The average Bonchev–Trinajstić information content (AvgIpc) is 2.71. The summed E-state index contributed by atoms with van der Waals surface area (Å²) in [6.45, 7) is 6.41. The van der Waals surface area contributed by atoms with Crippen molar-refractivity contribution in [3.63, 3.8) is 0 Å². The van der Waals surface area contributed by atoms with E-state index in [1.807, 2.05) is 6.07 Å². The normalized spacial score (nSPS) is 16.8. The van der Waals surface area contributed by atoms with Crippen molar-refractivity contribution in [3.8, 4) is 5.75 Å². The van der Waals surface area contributed by atoms with Gasteiger partial charge in [-0.2, -0.15) is 0 Å². The van der Waals surface area contributed by atoms with E-state index in [-0.39, 0.29) is 12.1 Å². The molecule has 3 aromatic rings. The lowest BCUT2D eigenvalue weighted by molar-refractivity contribution is 0.114. The Bertz CT molecular complexity index is 936. The number of ether oxygens (including phenoxy) is 1. The Morgan fingerprint density at radius 1 is 1.11 bits per heavy atom. The van der Waals surface area contributed by atoms with E-state index in [4.69, 9.17) is 4.74 Å². The lowest BCUT2D eigenvalue weighted by atomic mass is 10.1. The Hall–Kier alpha value is -2.66. The molecule has 0 spiro atoms. The van der Waals surface area contributed by atoms with Crippen LogP contribution in [0.1, 0.15) is 36.9 Å². The largest absolute Gasteiger partial charge is 0.490 e. The fourth-order valence-electron chi connectivity index (χ4n) is 3.74. The average molecular weight is 377 g/mol. The first-order valence-corrected chi connectivity index (χ1v) is 10.0. The van der Waals surface area contributed by atoms with Crippen molar-refractivity contribution in [2.24, 2.45) is 0 Å². The molecule has 1 aliphatic rings. The Morgan fingerprint density at radius 2 is 1.86 bits per heavy atom. The number of nitrogens with zero attached hydrogens (tertiary/aromatic N) is 3. The topological polar surface area (TPSA) is 50.3 Å². The predicted molar refractivity (Wildman–Crippen MR) is 114 cm³/mol. The number of piperidine rings is 1. The highest BCUT2D eigenvalue weighted by Crippen LogP contribution is 2.31. The highest BCUT2D eigenvalue weighted by molar-refractivity contribution is 5.90. The zero-order valence-corrected chi connectivity index (χ0v) is 16.9. The van der Waals surface area contributed by atoms with Gasteiger partial charge in [0.2, 0.25) is 0 Å². The Balaban J connectivity index is 1.61. The van der Waals surface area contributed by atoms with Crippen molar-refractivity contribution in [3.05, 3.63) is 59.9 Å². The standard InChI is InChI=1S/C23H28N4O/c1-16-13-21-20(14-22(16)28-19-9-11-27(3)12-10-19)23(25-15-24-21)26-17(2)18-7-5-4-6-8-18/h4-8,13-15,17,19H,9-12H2,1-3H3,(H,24,25,26)/t17-/m1/s1. The predicted octanol–water partition coefficient (Wildman–Crippen LogP) is 4.58. The number of benzene rings is 2. The molecule has 1 N–H and O–H groups in total. The van der Waals surface area contributed by atoms with Crippen LogP contribution in [0.15, 0.2) is 48.8 Å². The van der Waals surface area contributed by atoms with E-state index in [1.165, 1.54) is 5.56 Å². The molecule has 5 nitrogen and oxygen atoms in total. The van der Waals surface area contributed by atoms with Crippen molar-refractivity contribution in [2.45, 2.75) is 38.8 Å². The fourth-order valence-corrected chi connectivity index (χ4v) is 3.74. The minimum Gasteiger partial charge on any atom is -0.490 e. The number of hydrogen-bond acceptors (Lipinski definition) is 5. The highest BCUT2D eigenvalue weighted by atomic mass is 16.5. The molecule has 5 heteroatoms. The maximum Gasteiger partial charge on any atom is 0.137 e. The molecule has 4 rings (SSSR count). The first kappa shape index (κ1) is 18.7. The SMILES string of the molecule is Cc1cc2ncnc(N[C@H](C)c3ccccc3)c2cc1OC1CCN(C)CC1. The first-order chi connectivity index (χ1) is 13.6. The van der Waals surface area contributed by atoms with Gasteiger partial charge in [0.25, 0.3) is 0 Å². The molecule has 0 amide bonds. The quantitative estimate of drug-likeness (QED) is 0.706. The Labute approximate surface area is 166 Å². The number of fused-ring (bicyclic) bond motifs is 1. The summed E-state index contributed by atoms with van der Waals surface area (Å²) in [6, 6.07) is 14.7. The van der Waals surface area contributed by atoms with Gasteiger partial charge in [-0.3, -0.25) is 0 Å². The van der Waals surface area contributed by atoms with Crippen molar-refractivity contribution < 1.29 is 4.74 Å². The highest BCUT2D eigenvalue weighted by Gasteiger charge is 2.19. The molecule has 1 aliphatic heterocycles. The van der Waals surface area contributed by atoms with Crippen LogP contribution in [0.3, 0.4) is 0 Å². The molecule has 28 heavy (non-hydrogen) atoms. The van der Waals surface area contributed by atoms with Gasteiger partial charge < -0.3 is 15.0 Å². The molecule has 1 aromatic heterocycles. The van der Waals surface area contributed by atoms with E-state index in [1.54, 1.807) is 6.33 Å². The molecule has 0 saturated carbocycles. The molecule has 2 aromatic carbocycles. The maximum absolute atomic E-state index is 6.38. The van der Waals surface area contributed by atoms with Crippen molar-refractivity contribution in [1.82, 2.24) is 14.9 Å². The summed E-state index contributed by atoms with van der Waals surface area (Å²) in [7, 11) is 2.17. The molecular formula is C23H28N4O. The van der Waals surface area contributed by atoms with Crippen molar-refractivity contribution >= 4 is 16.7 Å². The van der Waals surface area contributed by atoms with Crippen LogP contribution in [-0.2, 0) is 0 Å². The van der Waals surface area contributed by atoms with Crippen LogP contribution in [0.2, 0.25) is 0 Å². The third kappa shape index (κ3) is 4.09. The zero-order valence-electron chi connectivity index (χ0n) is 16.9. The van der Waals surface area contributed by atoms with E-state index >= 15 is 0 Å². The first-order valence-electron chi connectivity index (χ1n) is 10.0. The van der Waals surface area contributed by atoms with E-state index < -0.39 is 0 Å². The molecule has 1 saturated heterocycles. The molecule has 0 bridgehead atoms. The van der Waals surface area contributed by atoms with Gasteiger partial charge in [-0.25, -0.2) is 9.97 Å². The van der Waals surface area contributed by atoms with E-state index in [0.29, 0.717) is 0 Å². The van der Waals surface area contributed by atoms with Gasteiger partial charge >= 0.3 is 0 Å². The van der Waals surface area contributed by atoms with Crippen LogP contribution in [0.5, 0.6) is 5.75 Å². The summed E-state index contributed by atoms with van der Waals surface area (Å²) in [5, 5.41) is 4.54. The Morgan fingerprint density at radius 3 is 2.61 bits per heavy atom. The smallest absolute Gasteiger partial charge is 0.137 e. The van der Waals surface area contributed by atoms with Crippen LogP contribution in [-0.4, -0.2) is 41.1 Å². The summed E-state index contributed by atoms with van der Waals surface area (Å²) >= 11 is 0. The number of hydrogen-bond donors (Lipinski definition) is 1. The molecule has 146 valence electrons. The van der Waals surface area contributed by atoms with Gasteiger partial charge in [-0.15, -0.1) is 0 Å². The van der Waals surface area contributed by atoms with Gasteiger partial charge in [0.05, 0.1) is 5.52 Å². The van der Waals surface area contributed by atoms with Gasteiger partial charge in [0.15, 0.2) is 0 Å². The minimum absolute atomic E-state index is 0.152. The summed E-state index contributed by atoms with van der Waals surface area (Å²) in [5.74, 6) is 1.78. The number of likely N-dealkylation sites (tertiary alicyclic amines) is 1. The van der Waals surface area contributed by atoms with Gasteiger partial charge in [0.1, 0.15) is 24.0 Å². The summed E-state index contributed by atoms with van der Waals surface area (Å²) < 4.78 is 6.38. The van der Waals surface area contributed by atoms with Crippen LogP contribution >= 0.6 is 0 Å². The van der Waals surface area contributed by atoms with Gasteiger partial charge in [0, 0.05) is 24.5 Å². The van der Waals surface area contributed by atoms with Gasteiger partial charge in [-0.1, -0.05) is 30.3 Å². The lowest BCUT2D eigenvalue weighted by Gasteiger charge is -2.29. The van der Waals surface area contributed by atoms with Crippen LogP contribution in [0.4, 0.5) is 5.82 Å². The number of aromatic nitrogens is 2. The van der Waals surface area contributed by atoms with Crippen LogP contribution in [0, 0.1) is 6.92 Å². The molecule has 0 unspecified atom stereocenters. The summed E-state index contributed by atoms with van der Waals surface area (Å²) in [6.07, 6.45) is 4.03. The third-order valence-electron chi connectivity index (χ3n) is 5.54. The number of anilines is 1. The van der Waals surface area contributed by atoms with Crippen LogP contribution in [0.25, 0.3) is 10.9 Å². The molecule has 1 fully saturated rings. The van der Waals surface area contributed by atoms with E-state index in [9.17, 15) is 0 Å². The molecular weight excluding hydrogens is 348 g/mol. The summed E-state index contributed by atoms with van der Waals surface area (Å²) in [5.41, 5.74) is 3.28. The third-order valence-corrected chi connectivity index (χ3v) is 5.54. The molecule has 0 aliphatic carbocycles. The number of nitrogens with one attached hydrogen (secondary N) is 1. The van der Waals surface area contributed by atoms with Crippen molar-refractivity contribution in [2.75, 3.05) is 25.5 Å². The fraction of sp³-hybridized carbons (Fsp3) is 0.391. The molecule has 0 radical (unpaired) electrons. The van der Waals surface area contributed by atoms with E-state index in [0.717, 1.165) is 54.0 Å². The minimum atomic E-state index is 0.152. The monoisotopic (exact) mass is 376 g/mol. The summed E-state index contributed by atoms with van der Waals surface area (Å²) in [4.78, 5) is 11.3. The zero-order chi connectivity index (χ0) is 19.5. The number of rotatable bonds is 5. The second-order valence-corrected chi connectivity index (χ2v) is 7.75.